The first kappa shape index (κ1) is 15.2. The molecule has 1 aromatic heterocycles. The van der Waals surface area contributed by atoms with E-state index in [1.165, 1.54) is 34.9 Å². The van der Waals surface area contributed by atoms with Crippen LogP contribution in [0.5, 0.6) is 5.75 Å². The normalized spacial score (nSPS) is 11.2. The van der Waals surface area contributed by atoms with Gasteiger partial charge in [-0.3, -0.25) is 0 Å². The van der Waals surface area contributed by atoms with Gasteiger partial charge in [-0.25, -0.2) is 4.98 Å². The van der Waals surface area contributed by atoms with Crippen molar-refractivity contribution in [3.05, 3.63) is 42.5 Å². The lowest BCUT2D eigenvalue weighted by atomic mass is 10.1. The molecule has 0 aliphatic heterocycles. The molecule has 0 spiro atoms. The number of aromatic nitrogens is 1. The molecule has 2 aromatic carbocycles. The third kappa shape index (κ3) is 3.05. The van der Waals surface area contributed by atoms with E-state index in [1.54, 1.807) is 7.11 Å². The number of thioether (sulfide) groups is 1. The minimum atomic E-state index is 0.889. The van der Waals surface area contributed by atoms with Crippen molar-refractivity contribution < 1.29 is 4.74 Å². The first-order chi connectivity index (χ1) is 10.8. The lowest BCUT2D eigenvalue weighted by Crippen LogP contribution is -1.90. The maximum absolute atomic E-state index is 5.40. The van der Waals surface area contributed by atoms with E-state index < -0.39 is 0 Å². The lowest BCUT2D eigenvalue weighted by Gasteiger charge is -2.11. The predicted molar refractivity (Wildman–Crippen MR) is 96.1 cm³/mol. The maximum Gasteiger partial charge on any atom is 0.119 e. The van der Waals surface area contributed by atoms with Crippen LogP contribution in [-0.4, -0.2) is 17.8 Å². The molecule has 0 fully saturated rings. The molecular formula is C19H21NOS. The van der Waals surface area contributed by atoms with Gasteiger partial charge < -0.3 is 4.74 Å². The van der Waals surface area contributed by atoms with Crippen molar-refractivity contribution in [2.75, 3.05) is 12.9 Å². The summed E-state index contributed by atoms with van der Waals surface area (Å²) >= 11 is 1.94. The van der Waals surface area contributed by atoms with Crippen molar-refractivity contribution in [1.29, 1.82) is 0 Å². The number of fused-ring (bicyclic) bond motifs is 2. The SMILES string of the molecule is CCCCCSc1c2ccccc2nc2ccc(OC)cc12. The van der Waals surface area contributed by atoms with Gasteiger partial charge in [0, 0.05) is 15.7 Å². The third-order valence-corrected chi connectivity index (χ3v) is 5.05. The highest BCUT2D eigenvalue weighted by atomic mass is 32.2. The second kappa shape index (κ2) is 7.01. The average Bonchev–Trinajstić information content (AvgIpc) is 2.57. The van der Waals surface area contributed by atoms with Gasteiger partial charge in [0.2, 0.25) is 0 Å². The second-order valence-corrected chi connectivity index (χ2v) is 6.50. The van der Waals surface area contributed by atoms with Crippen LogP contribution in [0.2, 0.25) is 0 Å². The van der Waals surface area contributed by atoms with Gasteiger partial charge in [-0.05, 0) is 36.4 Å². The zero-order valence-corrected chi connectivity index (χ0v) is 14.0. The first-order valence-electron chi connectivity index (χ1n) is 7.82. The van der Waals surface area contributed by atoms with Gasteiger partial charge in [-0.1, -0.05) is 38.0 Å². The molecule has 0 unspecified atom stereocenters. The molecule has 0 saturated heterocycles. The molecule has 0 aliphatic rings. The van der Waals surface area contributed by atoms with Gasteiger partial charge in [0.25, 0.3) is 0 Å². The van der Waals surface area contributed by atoms with Gasteiger partial charge in [-0.15, -0.1) is 11.8 Å². The van der Waals surface area contributed by atoms with E-state index in [0.29, 0.717) is 0 Å². The Hall–Kier alpha value is -1.74. The number of benzene rings is 2. The fourth-order valence-corrected chi connectivity index (χ4v) is 3.84. The van der Waals surface area contributed by atoms with Crippen LogP contribution in [0.15, 0.2) is 47.4 Å². The summed E-state index contributed by atoms with van der Waals surface area (Å²) in [6, 6.07) is 14.5. The number of nitrogens with zero attached hydrogens (tertiary/aromatic N) is 1. The molecule has 22 heavy (non-hydrogen) atoms. The van der Waals surface area contributed by atoms with E-state index in [1.807, 2.05) is 17.8 Å². The van der Waals surface area contributed by atoms with Crippen LogP contribution in [0.1, 0.15) is 26.2 Å². The number of ether oxygens (including phenoxy) is 1. The molecule has 0 aliphatic carbocycles. The van der Waals surface area contributed by atoms with E-state index >= 15 is 0 Å². The van der Waals surface area contributed by atoms with Crippen LogP contribution in [0.25, 0.3) is 21.8 Å². The molecule has 0 amide bonds. The number of rotatable bonds is 6. The zero-order chi connectivity index (χ0) is 15.4. The van der Waals surface area contributed by atoms with Crippen LogP contribution >= 0.6 is 11.8 Å². The highest BCUT2D eigenvalue weighted by molar-refractivity contribution is 7.99. The molecule has 0 radical (unpaired) electrons. The van der Waals surface area contributed by atoms with Gasteiger partial charge in [0.1, 0.15) is 5.75 Å². The summed E-state index contributed by atoms with van der Waals surface area (Å²) in [6.45, 7) is 2.24. The molecule has 0 atom stereocenters. The Morgan fingerprint density at radius 2 is 1.82 bits per heavy atom. The monoisotopic (exact) mass is 311 g/mol. The van der Waals surface area contributed by atoms with Gasteiger partial charge >= 0.3 is 0 Å². The summed E-state index contributed by atoms with van der Waals surface area (Å²) < 4.78 is 5.40. The van der Waals surface area contributed by atoms with Crippen LogP contribution in [0.4, 0.5) is 0 Å². The molecule has 3 aromatic rings. The zero-order valence-electron chi connectivity index (χ0n) is 13.1. The molecular weight excluding hydrogens is 290 g/mol. The van der Waals surface area contributed by atoms with Gasteiger partial charge in [-0.2, -0.15) is 0 Å². The van der Waals surface area contributed by atoms with E-state index in [9.17, 15) is 0 Å². The van der Waals surface area contributed by atoms with Gasteiger partial charge in [0.05, 0.1) is 18.1 Å². The summed E-state index contributed by atoms with van der Waals surface area (Å²) in [7, 11) is 1.71. The lowest BCUT2D eigenvalue weighted by molar-refractivity contribution is 0.415. The minimum absolute atomic E-state index is 0.889. The van der Waals surface area contributed by atoms with Crippen LogP contribution in [0.3, 0.4) is 0 Å². The number of methoxy groups -OCH3 is 1. The second-order valence-electron chi connectivity index (χ2n) is 5.40. The summed E-state index contributed by atoms with van der Waals surface area (Å²) in [5.41, 5.74) is 2.11. The molecule has 1 heterocycles. The highest BCUT2D eigenvalue weighted by Crippen LogP contribution is 2.36. The Bertz CT molecular complexity index is 785. The number of para-hydroxylation sites is 1. The fourth-order valence-electron chi connectivity index (χ4n) is 2.64. The topological polar surface area (TPSA) is 22.1 Å². The molecule has 3 heteroatoms. The Labute approximate surface area is 135 Å². The predicted octanol–water partition coefficient (Wildman–Crippen LogP) is 5.68. The Balaban J connectivity index is 2.12. The Morgan fingerprint density at radius 1 is 1.00 bits per heavy atom. The number of pyridine rings is 1. The summed E-state index contributed by atoms with van der Waals surface area (Å²) in [4.78, 5) is 6.12. The van der Waals surface area contributed by atoms with E-state index in [4.69, 9.17) is 9.72 Å². The molecule has 2 nitrogen and oxygen atoms in total. The molecule has 3 rings (SSSR count). The number of hydrogen-bond acceptors (Lipinski definition) is 3. The Kier molecular flexibility index (Phi) is 4.84. The quantitative estimate of drug-likeness (QED) is 0.332. The van der Waals surface area contributed by atoms with Crippen LogP contribution in [0, 0.1) is 0 Å². The largest absolute Gasteiger partial charge is 0.497 e. The number of hydrogen-bond donors (Lipinski definition) is 0. The highest BCUT2D eigenvalue weighted by Gasteiger charge is 2.10. The van der Waals surface area contributed by atoms with Crippen LogP contribution in [-0.2, 0) is 0 Å². The standard InChI is InChI=1S/C19H21NOS/c1-3-4-7-12-22-19-15-8-5-6-9-17(15)20-18-11-10-14(21-2)13-16(18)19/h5-6,8-11,13H,3-4,7,12H2,1-2H3. The minimum Gasteiger partial charge on any atom is -0.497 e. The summed E-state index contributed by atoms with van der Waals surface area (Å²) in [6.07, 6.45) is 3.80. The molecule has 0 bridgehead atoms. The average molecular weight is 311 g/mol. The summed E-state index contributed by atoms with van der Waals surface area (Å²) in [5.74, 6) is 2.04. The summed E-state index contributed by atoms with van der Waals surface area (Å²) in [5, 5.41) is 2.43. The molecule has 114 valence electrons. The van der Waals surface area contributed by atoms with Crippen molar-refractivity contribution in [3.63, 3.8) is 0 Å². The first-order valence-corrected chi connectivity index (χ1v) is 8.81. The molecule has 0 N–H and O–H groups in total. The van der Waals surface area contributed by atoms with Crippen molar-refractivity contribution in [2.24, 2.45) is 0 Å². The van der Waals surface area contributed by atoms with Crippen molar-refractivity contribution in [3.8, 4) is 5.75 Å². The van der Waals surface area contributed by atoms with Crippen molar-refractivity contribution in [2.45, 2.75) is 31.1 Å². The third-order valence-electron chi connectivity index (χ3n) is 3.83. The smallest absolute Gasteiger partial charge is 0.119 e. The van der Waals surface area contributed by atoms with Crippen molar-refractivity contribution >= 4 is 33.6 Å². The van der Waals surface area contributed by atoms with E-state index in [2.05, 4.69) is 43.3 Å². The van der Waals surface area contributed by atoms with Gasteiger partial charge in [0.15, 0.2) is 0 Å². The van der Waals surface area contributed by atoms with Crippen molar-refractivity contribution in [1.82, 2.24) is 4.98 Å². The number of unbranched alkanes of at least 4 members (excludes halogenated alkanes) is 2. The van der Waals surface area contributed by atoms with Crippen LogP contribution < -0.4 is 4.74 Å². The maximum atomic E-state index is 5.40. The Morgan fingerprint density at radius 3 is 2.64 bits per heavy atom. The van der Waals surface area contributed by atoms with E-state index in [0.717, 1.165) is 22.5 Å². The molecule has 0 saturated carbocycles. The fraction of sp³-hybridized carbons (Fsp3) is 0.316. The van der Waals surface area contributed by atoms with E-state index in [-0.39, 0.29) is 0 Å².